The lowest BCUT2D eigenvalue weighted by Crippen LogP contribution is -2.31. The number of nitrogens with one attached hydrogen (secondary N) is 1. The monoisotopic (exact) mass is 485 g/mol. The summed E-state index contributed by atoms with van der Waals surface area (Å²) in [7, 11) is 0. The Labute approximate surface area is 185 Å². The molecule has 0 saturated heterocycles. The van der Waals surface area contributed by atoms with E-state index in [-0.39, 0.29) is 29.7 Å². The summed E-state index contributed by atoms with van der Waals surface area (Å²) >= 11 is 9.50. The second-order valence-corrected chi connectivity index (χ2v) is 8.19. The van der Waals surface area contributed by atoms with Gasteiger partial charge in [0.25, 0.3) is 17.2 Å². The summed E-state index contributed by atoms with van der Waals surface area (Å²) in [6.07, 6.45) is 0. The van der Waals surface area contributed by atoms with Gasteiger partial charge in [-0.1, -0.05) is 45.7 Å². The molecule has 7 nitrogen and oxygen atoms in total. The van der Waals surface area contributed by atoms with E-state index in [0.717, 1.165) is 10.0 Å². The standard InChI is InChI=1S/C21H17BrClN5O2/c1-12-13(2)24-20-25-21(26-28(20)18(12)29)27(11-14-6-8-16(22)9-7-14)19(30)15-4-3-5-17(23)10-15/h3-10H,11H2,1-2H3,(H,24,25,26). The van der Waals surface area contributed by atoms with Crippen molar-refractivity contribution in [1.29, 1.82) is 0 Å². The van der Waals surface area contributed by atoms with E-state index in [1.165, 1.54) is 9.42 Å². The lowest BCUT2D eigenvalue weighted by molar-refractivity contribution is 0.0983. The molecule has 2 aromatic heterocycles. The number of anilines is 1. The Morgan fingerprint density at radius 3 is 2.60 bits per heavy atom. The zero-order chi connectivity index (χ0) is 21.4. The van der Waals surface area contributed by atoms with Crippen molar-refractivity contribution in [3.8, 4) is 0 Å². The van der Waals surface area contributed by atoms with Crippen molar-refractivity contribution in [3.05, 3.63) is 90.8 Å². The van der Waals surface area contributed by atoms with Gasteiger partial charge in [-0.15, -0.1) is 0 Å². The van der Waals surface area contributed by atoms with Gasteiger partial charge in [-0.2, -0.15) is 9.50 Å². The van der Waals surface area contributed by atoms with Crippen LogP contribution in [-0.4, -0.2) is 25.5 Å². The minimum Gasteiger partial charge on any atom is -0.272 e. The van der Waals surface area contributed by atoms with Gasteiger partial charge in [0, 0.05) is 26.3 Å². The number of benzene rings is 2. The lowest BCUT2D eigenvalue weighted by Gasteiger charge is -2.20. The van der Waals surface area contributed by atoms with E-state index >= 15 is 0 Å². The van der Waals surface area contributed by atoms with Crippen molar-refractivity contribution in [1.82, 2.24) is 19.6 Å². The van der Waals surface area contributed by atoms with Gasteiger partial charge >= 0.3 is 0 Å². The number of aromatic nitrogens is 4. The summed E-state index contributed by atoms with van der Waals surface area (Å²) in [6.45, 7) is 3.70. The molecule has 0 saturated carbocycles. The number of rotatable bonds is 4. The van der Waals surface area contributed by atoms with Crippen LogP contribution in [0.1, 0.15) is 27.2 Å². The van der Waals surface area contributed by atoms with E-state index in [1.54, 1.807) is 38.1 Å². The maximum atomic E-state index is 13.4. The van der Waals surface area contributed by atoms with Gasteiger partial charge in [-0.05, 0) is 49.7 Å². The number of hydrogen-bond donors (Lipinski definition) is 1. The topological polar surface area (TPSA) is 83.4 Å². The van der Waals surface area contributed by atoms with E-state index in [1.807, 2.05) is 24.3 Å². The third-order valence-corrected chi connectivity index (χ3v) is 5.54. The Hall–Kier alpha value is -2.97. The van der Waals surface area contributed by atoms with Gasteiger partial charge in [0.1, 0.15) is 0 Å². The molecule has 30 heavy (non-hydrogen) atoms. The highest BCUT2D eigenvalue weighted by atomic mass is 79.9. The molecule has 9 heteroatoms. The van der Waals surface area contributed by atoms with Gasteiger partial charge < -0.3 is 0 Å². The molecule has 0 atom stereocenters. The molecule has 2 aromatic carbocycles. The average molecular weight is 487 g/mol. The molecule has 0 aliphatic rings. The normalized spacial score (nSPS) is 11.1. The first kappa shape index (κ1) is 20.3. The quantitative estimate of drug-likeness (QED) is 0.466. The zero-order valence-corrected chi connectivity index (χ0v) is 18.5. The summed E-state index contributed by atoms with van der Waals surface area (Å²) in [5.74, 6) is 0.122. The summed E-state index contributed by atoms with van der Waals surface area (Å²) in [4.78, 5) is 36.2. The molecular weight excluding hydrogens is 470 g/mol. The molecule has 4 rings (SSSR count). The predicted molar refractivity (Wildman–Crippen MR) is 119 cm³/mol. The van der Waals surface area contributed by atoms with Gasteiger partial charge in [-0.3, -0.25) is 19.6 Å². The van der Waals surface area contributed by atoms with Crippen molar-refractivity contribution >= 4 is 45.2 Å². The maximum Gasteiger partial charge on any atom is 0.277 e. The Morgan fingerprint density at radius 1 is 1.17 bits per heavy atom. The van der Waals surface area contributed by atoms with Crippen molar-refractivity contribution in [3.63, 3.8) is 0 Å². The van der Waals surface area contributed by atoms with Crippen LogP contribution in [-0.2, 0) is 6.54 Å². The second kappa shape index (κ2) is 8.04. The molecule has 4 aromatic rings. The largest absolute Gasteiger partial charge is 0.277 e. The van der Waals surface area contributed by atoms with Gasteiger partial charge in [0.05, 0.1) is 6.54 Å². The predicted octanol–water partition coefficient (Wildman–Crippen LogP) is 4.30. The highest BCUT2D eigenvalue weighted by Crippen LogP contribution is 2.20. The van der Waals surface area contributed by atoms with Gasteiger partial charge in [-0.25, -0.2) is 4.98 Å². The first-order valence-electron chi connectivity index (χ1n) is 9.11. The van der Waals surface area contributed by atoms with Crippen molar-refractivity contribution in [2.24, 2.45) is 0 Å². The van der Waals surface area contributed by atoms with Crippen molar-refractivity contribution < 1.29 is 4.79 Å². The fraction of sp³-hybridized carbons (Fsp3) is 0.143. The molecule has 0 radical (unpaired) electrons. The smallest absolute Gasteiger partial charge is 0.272 e. The van der Waals surface area contributed by atoms with Crippen LogP contribution in [0.15, 0.2) is 57.8 Å². The van der Waals surface area contributed by atoms with E-state index in [2.05, 4.69) is 31.0 Å². The zero-order valence-electron chi connectivity index (χ0n) is 16.2. The lowest BCUT2D eigenvalue weighted by atomic mass is 10.1. The van der Waals surface area contributed by atoms with Crippen LogP contribution in [0.2, 0.25) is 5.02 Å². The molecule has 0 aliphatic carbocycles. The summed E-state index contributed by atoms with van der Waals surface area (Å²) in [5, 5.41) is 3.38. The third-order valence-electron chi connectivity index (χ3n) is 4.78. The SMILES string of the molecule is Cc1nc2nc(N(Cc3ccc(Br)cc3)C(=O)c3cccc(Cl)c3)[nH]n2c(=O)c1C. The van der Waals surface area contributed by atoms with Crippen molar-refractivity contribution in [2.45, 2.75) is 20.4 Å². The van der Waals surface area contributed by atoms with Gasteiger partial charge in [0.15, 0.2) is 0 Å². The Kier molecular flexibility index (Phi) is 5.44. The molecule has 0 aliphatic heterocycles. The molecule has 0 fully saturated rings. The van der Waals surface area contributed by atoms with Crippen molar-refractivity contribution in [2.75, 3.05) is 4.90 Å². The van der Waals surface area contributed by atoms with Crippen LogP contribution in [0, 0.1) is 13.8 Å². The number of amides is 1. The molecular formula is C21H17BrClN5O2. The van der Waals surface area contributed by atoms with E-state index in [9.17, 15) is 9.59 Å². The molecule has 0 bridgehead atoms. The average Bonchev–Trinajstić information content (AvgIpc) is 3.15. The number of nitrogens with zero attached hydrogens (tertiary/aromatic N) is 4. The molecule has 2 heterocycles. The molecule has 152 valence electrons. The first-order valence-corrected chi connectivity index (χ1v) is 10.3. The van der Waals surface area contributed by atoms with Crippen LogP contribution in [0.4, 0.5) is 5.95 Å². The summed E-state index contributed by atoms with van der Waals surface area (Å²) in [6, 6.07) is 14.3. The number of carbonyl (C=O) groups excluding carboxylic acids is 1. The Morgan fingerprint density at radius 2 is 1.90 bits per heavy atom. The van der Waals surface area contributed by atoms with Crippen LogP contribution >= 0.6 is 27.5 Å². The van der Waals surface area contributed by atoms with Crippen LogP contribution < -0.4 is 10.5 Å². The van der Waals surface area contributed by atoms with Gasteiger partial charge in [0.2, 0.25) is 5.95 Å². The second-order valence-electron chi connectivity index (χ2n) is 6.84. The van der Waals surface area contributed by atoms with E-state index < -0.39 is 0 Å². The Bertz CT molecular complexity index is 1310. The minimum atomic E-state index is -0.305. The van der Waals surface area contributed by atoms with E-state index in [0.29, 0.717) is 21.8 Å². The molecule has 1 N–H and O–H groups in total. The highest BCUT2D eigenvalue weighted by molar-refractivity contribution is 9.10. The number of H-pyrrole nitrogens is 1. The summed E-state index contributed by atoms with van der Waals surface area (Å²) in [5.41, 5.74) is 2.16. The van der Waals surface area contributed by atoms with Crippen LogP contribution in [0.3, 0.4) is 0 Å². The number of aromatic amines is 1. The maximum absolute atomic E-state index is 13.4. The number of halogens is 2. The third kappa shape index (κ3) is 3.88. The molecule has 1 amide bonds. The first-order chi connectivity index (χ1) is 14.3. The minimum absolute atomic E-state index is 0.206. The van der Waals surface area contributed by atoms with Crippen LogP contribution in [0.25, 0.3) is 5.78 Å². The molecule has 0 unspecified atom stereocenters. The van der Waals surface area contributed by atoms with E-state index in [4.69, 9.17) is 11.6 Å². The number of aryl methyl sites for hydroxylation is 1. The Balaban J connectivity index is 1.83. The van der Waals surface area contributed by atoms with Crippen LogP contribution in [0.5, 0.6) is 0 Å². The summed E-state index contributed by atoms with van der Waals surface area (Å²) < 4.78 is 2.18. The number of carbonyl (C=O) groups is 1. The highest BCUT2D eigenvalue weighted by Gasteiger charge is 2.23. The number of fused-ring (bicyclic) bond motifs is 1. The fourth-order valence-electron chi connectivity index (χ4n) is 3.01. The molecule has 0 spiro atoms. The number of hydrogen-bond acceptors (Lipinski definition) is 4. The fourth-order valence-corrected chi connectivity index (χ4v) is 3.46.